The number of rotatable bonds is 8. The summed E-state index contributed by atoms with van der Waals surface area (Å²) >= 11 is 1.14. The minimum atomic E-state index is -3.40. The van der Waals surface area contributed by atoms with Crippen molar-refractivity contribution < 1.29 is 26.8 Å². The van der Waals surface area contributed by atoms with Gasteiger partial charge in [-0.25, -0.2) is 13.0 Å². The predicted molar refractivity (Wildman–Crippen MR) is 101 cm³/mol. The first-order chi connectivity index (χ1) is 11.5. The SMILES string of the molecule is CCCSP(=O)(OCC)Oc1ccc(S(C)(=O)=O)c2c1OC(C)(C)C2. The van der Waals surface area contributed by atoms with Crippen LogP contribution in [0.4, 0.5) is 0 Å². The maximum absolute atomic E-state index is 12.9. The highest BCUT2D eigenvalue weighted by Crippen LogP contribution is 2.62. The largest absolute Gasteiger partial charge is 0.483 e. The van der Waals surface area contributed by atoms with Crippen LogP contribution in [0.3, 0.4) is 0 Å². The zero-order chi connectivity index (χ0) is 18.9. The number of hydrogen-bond donors (Lipinski definition) is 0. The number of hydrogen-bond acceptors (Lipinski definition) is 7. The van der Waals surface area contributed by atoms with Crippen LogP contribution >= 0.6 is 18.2 Å². The molecule has 1 heterocycles. The van der Waals surface area contributed by atoms with Crippen molar-refractivity contribution in [3.05, 3.63) is 17.7 Å². The molecule has 25 heavy (non-hydrogen) atoms. The van der Waals surface area contributed by atoms with Gasteiger partial charge < -0.3 is 9.26 Å². The third-order valence-corrected chi connectivity index (χ3v) is 8.63. The van der Waals surface area contributed by atoms with Crippen molar-refractivity contribution in [2.45, 2.75) is 51.0 Å². The molecule has 0 spiro atoms. The summed E-state index contributed by atoms with van der Waals surface area (Å²) in [6, 6.07) is 2.98. The summed E-state index contributed by atoms with van der Waals surface area (Å²) in [7, 11) is -3.40. The molecule has 1 aliphatic rings. The van der Waals surface area contributed by atoms with E-state index in [4.69, 9.17) is 13.8 Å². The second-order valence-electron chi connectivity index (χ2n) is 6.47. The molecule has 6 nitrogen and oxygen atoms in total. The Morgan fingerprint density at radius 1 is 1.32 bits per heavy atom. The fourth-order valence-electron chi connectivity index (χ4n) is 2.60. The summed E-state index contributed by atoms with van der Waals surface area (Å²) in [6.07, 6.45) is 2.43. The van der Waals surface area contributed by atoms with Crippen LogP contribution in [0, 0.1) is 0 Å². The van der Waals surface area contributed by atoms with Crippen molar-refractivity contribution in [1.82, 2.24) is 0 Å². The summed E-state index contributed by atoms with van der Waals surface area (Å²) in [6.45, 7) is 4.33. The standard InChI is InChI=1S/C16H25O6PS2/c1-6-10-24-23(17,20-7-2)22-13-8-9-14(25(5,18)19)12-11-16(3,4)21-15(12)13/h8-9H,6-7,10-11H2,1-5H3. The number of benzene rings is 1. The highest BCUT2D eigenvalue weighted by atomic mass is 32.7. The Hall–Kier alpha value is -0.690. The maximum Gasteiger partial charge on any atom is 0.440 e. The molecule has 1 atom stereocenters. The number of sulfone groups is 1. The van der Waals surface area contributed by atoms with Crippen LogP contribution in [-0.2, 0) is 25.3 Å². The summed E-state index contributed by atoms with van der Waals surface area (Å²) in [5, 5.41) is 0. The van der Waals surface area contributed by atoms with Gasteiger partial charge in [-0.15, -0.1) is 0 Å². The summed E-state index contributed by atoms with van der Waals surface area (Å²) < 4.78 is 54.1. The third kappa shape index (κ3) is 4.94. The van der Waals surface area contributed by atoms with Gasteiger partial charge >= 0.3 is 6.80 Å². The summed E-state index contributed by atoms with van der Waals surface area (Å²) in [4.78, 5) is 0.216. The maximum atomic E-state index is 12.9. The van der Waals surface area contributed by atoms with Gasteiger partial charge in [0.15, 0.2) is 21.3 Å². The van der Waals surface area contributed by atoms with Gasteiger partial charge in [0.05, 0.1) is 11.5 Å². The molecule has 0 saturated heterocycles. The molecule has 0 aliphatic carbocycles. The smallest absolute Gasteiger partial charge is 0.440 e. The lowest BCUT2D eigenvalue weighted by atomic mass is 10.0. The Bertz CT molecular complexity index is 788. The van der Waals surface area contributed by atoms with E-state index < -0.39 is 22.2 Å². The Morgan fingerprint density at radius 2 is 2.00 bits per heavy atom. The zero-order valence-corrected chi connectivity index (χ0v) is 17.7. The normalized spacial score (nSPS) is 18.3. The van der Waals surface area contributed by atoms with Crippen molar-refractivity contribution in [3.63, 3.8) is 0 Å². The second-order valence-corrected chi connectivity index (χ2v) is 12.6. The lowest BCUT2D eigenvalue weighted by molar-refractivity contribution is 0.135. The Kier molecular flexibility index (Phi) is 6.19. The first-order valence-electron chi connectivity index (χ1n) is 8.15. The van der Waals surface area contributed by atoms with Crippen molar-refractivity contribution in [1.29, 1.82) is 0 Å². The fourth-order valence-corrected chi connectivity index (χ4v) is 6.97. The summed E-state index contributed by atoms with van der Waals surface area (Å²) in [5.41, 5.74) is 0.00136. The fraction of sp³-hybridized carbons (Fsp3) is 0.625. The molecule has 0 radical (unpaired) electrons. The van der Waals surface area contributed by atoms with Gasteiger partial charge in [0, 0.05) is 24.0 Å². The van der Waals surface area contributed by atoms with E-state index in [-0.39, 0.29) is 17.3 Å². The molecule has 9 heteroatoms. The predicted octanol–water partition coefficient (Wildman–Crippen LogP) is 4.47. The molecule has 1 unspecified atom stereocenters. The third-order valence-electron chi connectivity index (χ3n) is 3.51. The molecule has 0 saturated carbocycles. The molecular weight excluding hydrogens is 383 g/mol. The van der Waals surface area contributed by atoms with Crippen LogP contribution in [0.1, 0.15) is 39.7 Å². The highest BCUT2D eigenvalue weighted by molar-refractivity contribution is 8.55. The molecule has 0 bridgehead atoms. The first-order valence-corrected chi connectivity index (χ1v) is 13.2. The van der Waals surface area contributed by atoms with Crippen molar-refractivity contribution in [2.24, 2.45) is 0 Å². The van der Waals surface area contributed by atoms with E-state index >= 15 is 0 Å². The number of fused-ring (bicyclic) bond motifs is 1. The topological polar surface area (TPSA) is 78.9 Å². The minimum Gasteiger partial charge on any atom is -0.483 e. The van der Waals surface area contributed by atoms with Crippen LogP contribution in [0.15, 0.2) is 17.0 Å². The lowest BCUT2D eigenvalue weighted by Gasteiger charge is -2.21. The monoisotopic (exact) mass is 408 g/mol. The molecular formula is C16H25O6PS2. The van der Waals surface area contributed by atoms with E-state index in [1.807, 2.05) is 20.8 Å². The molecule has 2 rings (SSSR count). The highest BCUT2D eigenvalue weighted by Gasteiger charge is 2.38. The average Bonchev–Trinajstić information content (AvgIpc) is 2.80. The van der Waals surface area contributed by atoms with Crippen molar-refractivity contribution in [3.8, 4) is 11.5 Å². The molecule has 1 aromatic carbocycles. The van der Waals surface area contributed by atoms with E-state index in [9.17, 15) is 13.0 Å². The van der Waals surface area contributed by atoms with Crippen LogP contribution in [-0.4, -0.2) is 32.6 Å². The van der Waals surface area contributed by atoms with Crippen molar-refractivity contribution >= 4 is 28.0 Å². The lowest BCUT2D eigenvalue weighted by Crippen LogP contribution is -2.25. The quantitative estimate of drug-likeness (QED) is 0.587. The molecule has 0 fully saturated rings. The van der Waals surface area contributed by atoms with Gasteiger partial charge in [0.25, 0.3) is 0 Å². The van der Waals surface area contributed by atoms with Gasteiger partial charge in [0.2, 0.25) is 0 Å². The van der Waals surface area contributed by atoms with Crippen LogP contribution in [0.5, 0.6) is 11.5 Å². The van der Waals surface area contributed by atoms with E-state index in [1.54, 1.807) is 6.92 Å². The van der Waals surface area contributed by atoms with E-state index in [1.165, 1.54) is 12.1 Å². The molecule has 142 valence electrons. The minimum absolute atomic E-state index is 0.216. The van der Waals surface area contributed by atoms with Crippen LogP contribution < -0.4 is 9.26 Å². The first kappa shape index (κ1) is 20.6. The number of ether oxygens (including phenoxy) is 1. The average molecular weight is 408 g/mol. The van der Waals surface area contributed by atoms with Gasteiger partial charge in [-0.2, -0.15) is 0 Å². The molecule has 0 amide bonds. The van der Waals surface area contributed by atoms with E-state index in [2.05, 4.69) is 0 Å². The Balaban J connectivity index is 2.47. The van der Waals surface area contributed by atoms with Crippen LogP contribution in [0.25, 0.3) is 0 Å². The Labute approximate surface area is 153 Å². The van der Waals surface area contributed by atoms with Gasteiger partial charge in [-0.05, 0) is 50.7 Å². The molecule has 1 aromatic rings. The zero-order valence-electron chi connectivity index (χ0n) is 15.2. The van der Waals surface area contributed by atoms with Gasteiger partial charge in [-0.3, -0.25) is 4.52 Å². The molecule has 0 aromatic heterocycles. The van der Waals surface area contributed by atoms with Crippen molar-refractivity contribution in [2.75, 3.05) is 18.6 Å². The molecule has 0 N–H and O–H groups in total. The Morgan fingerprint density at radius 3 is 2.56 bits per heavy atom. The second kappa shape index (κ2) is 7.51. The van der Waals surface area contributed by atoms with Gasteiger partial charge in [-0.1, -0.05) is 6.92 Å². The van der Waals surface area contributed by atoms with E-state index in [0.717, 1.165) is 24.1 Å². The van der Waals surface area contributed by atoms with Crippen LogP contribution in [0.2, 0.25) is 0 Å². The van der Waals surface area contributed by atoms with Gasteiger partial charge in [0.1, 0.15) is 5.60 Å². The molecule has 1 aliphatic heterocycles. The summed E-state index contributed by atoms with van der Waals surface area (Å²) in [5.74, 6) is 1.23. The van der Waals surface area contributed by atoms with E-state index in [0.29, 0.717) is 23.5 Å².